The molecule has 6 heteroatoms. The van der Waals surface area contributed by atoms with Gasteiger partial charge in [-0.15, -0.1) is 0 Å². The summed E-state index contributed by atoms with van der Waals surface area (Å²) in [5, 5.41) is 2.86. The van der Waals surface area contributed by atoms with E-state index in [0.29, 0.717) is 12.2 Å². The van der Waals surface area contributed by atoms with Crippen molar-refractivity contribution in [3.05, 3.63) is 47.2 Å². The second kappa shape index (κ2) is 7.59. The Bertz CT molecular complexity index is 602. The van der Waals surface area contributed by atoms with Crippen LogP contribution in [-0.2, 0) is 0 Å². The van der Waals surface area contributed by atoms with Gasteiger partial charge in [-0.05, 0) is 36.8 Å². The van der Waals surface area contributed by atoms with Crippen LogP contribution in [0.25, 0.3) is 0 Å². The molecular formula is C15H16ClN3O2. The predicted molar refractivity (Wildman–Crippen MR) is 81.8 cm³/mol. The molecule has 2 rings (SSSR count). The van der Waals surface area contributed by atoms with E-state index in [4.69, 9.17) is 16.3 Å². The summed E-state index contributed by atoms with van der Waals surface area (Å²) >= 11 is 5.74. The van der Waals surface area contributed by atoms with Gasteiger partial charge in [-0.25, -0.2) is 9.97 Å². The third-order valence-electron chi connectivity index (χ3n) is 2.73. The number of carbonyl (C=O) groups is 1. The molecule has 0 bridgehead atoms. The lowest BCUT2D eigenvalue weighted by Crippen LogP contribution is -2.14. The summed E-state index contributed by atoms with van der Waals surface area (Å²) in [6, 6.07) is 8.47. The second-order valence-corrected chi connectivity index (χ2v) is 4.77. The van der Waals surface area contributed by atoms with Crippen LogP contribution in [0.5, 0.6) is 5.75 Å². The molecule has 1 N–H and O–H groups in total. The number of hydrogen-bond donors (Lipinski definition) is 1. The maximum absolute atomic E-state index is 12.0. The van der Waals surface area contributed by atoms with Gasteiger partial charge in [0, 0.05) is 11.8 Å². The fourth-order valence-electron chi connectivity index (χ4n) is 1.61. The number of nitrogens with one attached hydrogen (secondary N) is 1. The van der Waals surface area contributed by atoms with Crippen LogP contribution in [0.1, 0.15) is 30.1 Å². The number of anilines is 1. The van der Waals surface area contributed by atoms with Crippen LogP contribution in [0.4, 0.5) is 5.95 Å². The summed E-state index contributed by atoms with van der Waals surface area (Å²) in [7, 11) is 0. The van der Waals surface area contributed by atoms with Crippen molar-refractivity contribution in [3.63, 3.8) is 0 Å². The van der Waals surface area contributed by atoms with Gasteiger partial charge >= 0.3 is 0 Å². The number of amides is 1. The van der Waals surface area contributed by atoms with E-state index in [9.17, 15) is 4.79 Å². The Kier molecular flexibility index (Phi) is 5.51. The molecule has 110 valence electrons. The number of carbonyl (C=O) groups excluding carboxylic acids is 1. The number of benzene rings is 1. The Hall–Kier alpha value is -2.14. The molecule has 0 saturated heterocycles. The lowest BCUT2D eigenvalue weighted by Gasteiger charge is -2.07. The zero-order chi connectivity index (χ0) is 15.1. The molecule has 0 saturated carbocycles. The highest BCUT2D eigenvalue weighted by Crippen LogP contribution is 2.14. The Morgan fingerprint density at radius 1 is 1.29 bits per heavy atom. The minimum absolute atomic E-state index is 0.177. The molecule has 1 heterocycles. The van der Waals surface area contributed by atoms with E-state index < -0.39 is 0 Å². The van der Waals surface area contributed by atoms with Gasteiger partial charge in [-0.2, -0.15) is 0 Å². The molecule has 2 aromatic rings. The van der Waals surface area contributed by atoms with Crippen molar-refractivity contribution in [2.24, 2.45) is 0 Å². The number of aromatic nitrogens is 2. The Balaban J connectivity index is 1.96. The number of nitrogens with zero attached hydrogens (tertiary/aromatic N) is 2. The van der Waals surface area contributed by atoms with Crippen LogP contribution in [0, 0.1) is 0 Å². The van der Waals surface area contributed by atoms with Crippen LogP contribution < -0.4 is 10.1 Å². The van der Waals surface area contributed by atoms with E-state index in [2.05, 4.69) is 22.2 Å². The highest BCUT2D eigenvalue weighted by atomic mass is 35.5. The first-order valence-corrected chi connectivity index (χ1v) is 7.09. The first kappa shape index (κ1) is 15.3. The molecule has 1 aromatic heterocycles. The lowest BCUT2D eigenvalue weighted by atomic mass is 10.2. The fourth-order valence-corrected chi connectivity index (χ4v) is 1.74. The summed E-state index contributed by atoms with van der Waals surface area (Å²) in [4.78, 5) is 19.8. The number of ether oxygens (including phenoxy) is 1. The van der Waals surface area contributed by atoms with Gasteiger partial charge in [-0.3, -0.25) is 10.1 Å². The lowest BCUT2D eigenvalue weighted by molar-refractivity contribution is 0.102. The Labute approximate surface area is 128 Å². The van der Waals surface area contributed by atoms with Crippen molar-refractivity contribution < 1.29 is 9.53 Å². The topological polar surface area (TPSA) is 64.1 Å². The minimum Gasteiger partial charge on any atom is -0.494 e. The smallest absolute Gasteiger partial charge is 0.258 e. The third kappa shape index (κ3) is 4.72. The monoisotopic (exact) mass is 305 g/mol. The fraction of sp³-hybridized carbons (Fsp3) is 0.267. The molecular weight excluding hydrogens is 290 g/mol. The second-order valence-electron chi connectivity index (χ2n) is 4.38. The highest BCUT2D eigenvalue weighted by molar-refractivity contribution is 6.29. The van der Waals surface area contributed by atoms with Gasteiger partial charge in [0.1, 0.15) is 10.9 Å². The van der Waals surface area contributed by atoms with Crippen LogP contribution in [0.15, 0.2) is 36.5 Å². The SMILES string of the molecule is CCCCOc1ccc(C(=O)Nc2nccc(Cl)n2)cc1. The number of unbranched alkanes of at least 4 members (excludes halogenated alkanes) is 1. The molecule has 0 radical (unpaired) electrons. The normalized spacial score (nSPS) is 10.2. The van der Waals surface area contributed by atoms with Crippen LogP contribution in [-0.4, -0.2) is 22.5 Å². The van der Waals surface area contributed by atoms with E-state index in [1.165, 1.54) is 6.20 Å². The predicted octanol–water partition coefficient (Wildman–Crippen LogP) is 3.56. The Morgan fingerprint density at radius 2 is 2.05 bits per heavy atom. The molecule has 0 atom stereocenters. The van der Waals surface area contributed by atoms with Gasteiger partial charge in [0.25, 0.3) is 5.91 Å². The maximum Gasteiger partial charge on any atom is 0.258 e. The van der Waals surface area contributed by atoms with Crippen molar-refractivity contribution >= 4 is 23.5 Å². The largest absolute Gasteiger partial charge is 0.494 e. The van der Waals surface area contributed by atoms with E-state index in [0.717, 1.165) is 18.6 Å². The van der Waals surface area contributed by atoms with Crippen molar-refractivity contribution in [3.8, 4) is 5.75 Å². The molecule has 0 unspecified atom stereocenters. The molecule has 0 aliphatic rings. The molecule has 0 fully saturated rings. The Morgan fingerprint density at radius 3 is 2.71 bits per heavy atom. The molecule has 1 amide bonds. The summed E-state index contributed by atoms with van der Waals surface area (Å²) < 4.78 is 5.54. The zero-order valence-corrected chi connectivity index (χ0v) is 12.4. The molecule has 21 heavy (non-hydrogen) atoms. The summed E-state index contributed by atoms with van der Waals surface area (Å²) in [5.41, 5.74) is 0.501. The molecule has 0 spiro atoms. The quantitative estimate of drug-likeness (QED) is 0.654. The van der Waals surface area contributed by atoms with Gasteiger partial charge < -0.3 is 4.74 Å². The van der Waals surface area contributed by atoms with E-state index in [1.807, 2.05) is 0 Å². The van der Waals surface area contributed by atoms with Crippen LogP contribution in [0.2, 0.25) is 5.15 Å². The van der Waals surface area contributed by atoms with E-state index >= 15 is 0 Å². The first-order valence-electron chi connectivity index (χ1n) is 6.72. The van der Waals surface area contributed by atoms with Crippen molar-refractivity contribution in [2.45, 2.75) is 19.8 Å². The molecule has 0 aliphatic carbocycles. The maximum atomic E-state index is 12.0. The van der Waals surface area contributed by atoms with Crippen LogP contribution >= 0.6 is 11.6 Å². The zero-order valence-electron chi connectivity index (χ0n) is 11.7. The van der Waals surface area contributed by atoms with Gasteiger partial charge in [0.05, 0.1) is 6.61 Å². The first-order chi connectivity index (χ1) is 10.2. The van der Waals surface area contributed by atoms with Gasteiger partial charge in [0.2, 0.25) is 5.95 Å². The van der Waals surface area contributed by atoms with Gasteiger partial charge in [0.15, 0.2) is 0 Å². The molecule has 0 aliphatic heterocycles. The van der Waals surface area contributed by atoms with Gasteiger partial charge in [-0.1, -0.05) is 24.9 Å². The summed E-state index contributed by atoms with van der Waals surface area (Å²) in [6.07, 6.45) is 3.57. The number of rotatable bonds is 6. The van der Waals surface area contributed by atoms with Crippen molar-refractivity contribution in [2.75, 3.05) is 11.9 Å². The number of halogens is 1. The van der Waals surface area contributed by atoms with E-state index in [1.54, 1.807) is 30.3 Å². The number of hydrogen-bond acceptors (Lipinski definition) is 4. The molecule has 1 aromatic carbocycles. The standard InChI is InChI=1S/C15H16ClN3O2/c1-2-3-10-21-12-6-4-11(5-7-12)14(20)19-15-17-9-8-13(16)18-15/h4-9H,2-3,10H2,1H3,(H,17,18,19,20). The van der Waals surface area contributed by atoms with Crippen molar-refractivity contribution in [1.82, 2.24) is 9.97 Å². The summed E-state index contributed by atoms with van der Waals surface area (Å²) in [6.45, 7) is 2.78. The minimum atomic E-state index is -0.294. The van der Waals surface area contributed by atoms with Crippen molar-refractivity contribution in [1.29, 1.82) is 0 Å². The average molecular weight is 306 g/mol. The average Bonchev–Trinajstić information content (AvgIpc) is 2.48. The molecule has 5 nitrogen and oxygen atoms in total. The highest BCUT2D eigenvalue weighted by Gasteiger charge is 2.08. The summed E-state index contributed by atoms with van der Waals surface area (Å²) in [5.74, 6) is 0.632. The third-order valence-corrected chi connectivity index (χ3v) is 2.94. The van der Waals surface area contributed by atoms with E-state index in [-0.39, 0.29) is 17.0 Å². The van der Waals surface area contributed by atoms with Crippen LogP contribution in [0.3, 0.4) is 0 Å².